The second-order valence-corrected chi connectivity index (χ2v) is 6.59. The summed E-state index contributed by atoms with van der Waals surface area (Å²) in [5, 5.41) is 7.33. The molecular formula is C14H13BrN2O2S. The van der Waals surface area contributed by atoms with Crippen molar-refractivity contribution in [2.75, 3.05) is 10.6 Å². The zero-order chi connectivity index (χ0) is 14.7. The van der Waals surface area contributed by atoms with E-state index in [-0.39, 0.29) is 11.8 Å². The van der Waals surface area contributed by atoms with Gasteiger partial charge in [0.05, 0.1) is 9.35 Å². The second kappa shape index (κ2) is 6.19. The van der Waals surface area contributed by atoms with E-state index in [1.54, 1.807) is 23.6 Å². The molecule has 0 fully saturated rings. The number of carbonyl (C=O) groups is 2. The molecule has 0 aliphatic rings. The number of halogens is 1. The van der Waals surface area contributed by atoms with Crippen LogP contribution in [0.15, 0.2) is 33.4 Å². The summed E-state index contributed by atoms with van der Waals surface area (Å²) in [6.07, 6.45) is 0. The maximum Gasteiger partial charge on any atom is 0.256 e. The predicted octanol–water partition coefficient (Wildman–Crippen LogP) is 4.03. The van der Waals surface area contributed by atoms with Crippen LogP contribution in [0.1, 0.15) is 22.8 Å². The topological polar surface area (TPSA) is 58.2 Å². The van der Waals surface area contributed by atoms with E-state index in [9.17, 15) is 9.59 Å². The number of thiophene rings is 1. The summed E-state index contributed by atoms with van der Waals surface area (Å²) < 4.78 is 0.909. The third-order valence-electron chi connectivity index (χ3n) is 2.64. The van der Waals surface area contributed by atoms with Crippen molar-refractivity contribution in [2.24, 2.45) is 0 Å². The van der Waals surface area contributed by atoms with Gasteiger partial charge in [-0.1, -0.05) is 6.07 Å². The van der Waals surface area contributed by atoms with Crippen molar-refractivity contribution in [3.05, 3.63) is 44.6 Å². The molecule has 0 unspecified atom stereocenters. The lowest BCUT2D eigenvalue weighted by Crippen LogP contribution is -2.12. The first kappa shape index (κ1) is 14.7. The van der Waals surface area contributed by atoms with Crippen LogP contribution < -0.4 is 10.6 Å². The standard InChI is InChI=1S/C14H13BrN2O2S/c1-8-3-4-11(16-9(2)18)6-12(8)17-14(19)10-5-13(15)20-7-10/h3-7H,1-2H3,(H,16,18)(H,17,19). The van der Waals surface area contributed by atoms with Gasteiger partial charge in [0.25, 0.3) is 5.91 Å². The van der Waals surface area contributed by atoms with Gasteiger partial charge in [0.15, 0.2) is 0 Å². The number of aryl methyl sites for hydroxylation is 1. The quantitative estimate of drug-likeness (QED) is 0.875. The Bertz CT molecular complexity index is 667. The number of nitrogens with one attached hydrogen (secondary N) is 2. The van der Waals surface area contributed by atoms with Gasteiger partial charge in [-0.25, -0.2) is 0 Å². The zero-order valence-corrected chi connectivity index (χ0v) is 13.4. The zero-order valence-electron chi connectivity index (χ0n) is 11.0. The number of hydrogen-bond acceptors (Lipinski definition) is 3. The molecule has 2 amide bonds. The lowest BCUT2D eigenvalue weighted by Gasteiger charge is -2.10. The summed E-state index contributed by atoms with van der Waals surface area (Å²) in [5.41, 5.74) is 2.88. The monoisotopic (exact) mass is 352 g/mol. The molecule has 2 aromatic rings. The van der Waals surface area contributed by atoms with Crippen molar-refractivity contribution < 1.29 is 9.59 Å². The van der Waals surface area contributed by atoms with E-state index in [0.29, 0.717) is 16.9 Å². The fourth-order valence-corrected chi connectivity index (χ4v) is 2.80. The van der Waals surface area contributed by atoms with Gasteiger partial charge in [0.1, 0.15) is 0 Å². The molecule has 6 heteroatoms. The normalized spacial score (nSPS) is 10.2. The Morgan fingerprint density at radius 3 is 2.55 bits per heavy atom. The molecule has 0 atom stereocenters. The predicted molar refractivity (Wildman–Crippen MR) is 85.5 cm³/mol. The molecule has 0 saturated carbocycles. The van der Waals surface area contributed by atoms with Crippen LogP contribution in [-0.2, 0) is 4.79 Å². The van der Waals surface area contributed by atoms with Crippen LogP contribution in [-0.4, -0.2) is 11.8 Å². The van der Waals surface area contributed by atoms with Crippen LogP contribution in [0.5, 0.6) is 0 Å². The van der Waals surface area contributed by atoms with Crippen molar-refractivity contribution in [1.29, 1.82) is 0 Å². The maximum absolute atomic E-state index is 12.1. The number of hydrogen-bond donors (Lipinski definition) is 2. The Balaban J connectivity index is 2.19. The van der Waals surface area contributed by atoms with Crippen molar-refractivity contribution in [3.63, 3.8) is 0 Å². The van der Waals surface area contributed by atoms with E-state index >= 15 is 0 Å². The lowest BCUT2D eigenvalue weighted by atomic mass is 10.1. The minimum Gasteiger partial charge on any atom is -0.326 e. The highest BCUT2D eigenvalue weighted by Crippen LogP contribution is 2.24. The van der Waals surface area contributed by atoms with Crippen LogP contribution in [0.3, 0.4) is 0 Å². The molecule has 2 N–H and O–H groups in total. The maximum atomic E-state index is 12.1. The molecule has 0 aliphatic heterocycles. The molecule has 0 spiro atoms. The minimum absolute atomic E-state index is 0.145. The first-order chi connectivity index (χ1) is 9.45. The van der Waals surface area contributed by atoms with Crippen molar-refractivity contribution in [1.82, 2.24) is 0 Å². The Morgan fingerprint density at radius 2 is 1.95 bits per heavy atom. The van der Waals surface area contributed by atoms with E-state index in [1.807, 2.05) is 13.0 Å². The van der Waals surface area contributed by atoms with Crippen LogP contribution in [0.2, 0.25) is 0 Å². The first-order valence-electron chi connectivity index (χ1n) is 5.89. The van der Waals surface area contributed by atoms with Crippen molar-refractivity contribution in [2.45, 2.75) is 13.8 Å². The molecule has 20 heavy (non-hydrogen) atoms. The summed E-state index contributed by atoms with van der Waals surface area (Å²) >= 11 is 4.79. The van der Waals surface area contributed by atoms with Crippen LogP contribution >= 0.6 is 27.3 Å². The Hall–Kier alpha value is -1.66. The van der Waals surface area contributed by atoms with Gasteiger partial charge in [-0.15, -0.1) is 11.3 Å². The van der Waals surface area contributed by atoms with E-state index in [4.69, 9.17) is 0 Å². The average Bonchev–Trinajstić information content (AvgIpc) is 2.79. The highest BCUT2D eigenvalue weighted by atomic mass is 79.9. The van der Waals surface area contributed by atoms with Crippen LogP contribution in [0.4, 0.5) is 11.4 Å². The van der Waals surface area contributed by atoms with Gasteiger partial charge >= 0.3 is 0 Å². The van der Waals surface area contributed by atoms with E-state index in [0.717, 1.165) is 9.35 Å². The van der Waals surface area contributed by atoms with E-state index in [1.165, 1.54) is 18.3 Å². The molecule has 2 rings (SSSR count). The fraction of sp³-hybridized carbons (Fsp3) is 0.143. The SMILES string of the molecule is CC(=O)Nc1ccc(C)c(NC(=O)c2csc(Br)c2)c1. The van der Waals surface area contributed by atoms with Crippen molar-refractivity contribution >= 4 is 50.5 Å². The molecule has 0 bridgehead atoms. The summed E-state index contributed by atoms with van der Waals surface area (Å²) in [6.45, 7) is 3.34. The molecule has 0 radical (unpaired) electrons. The van der Waals surface area contributed by atoms with Gasteiger partial charge in [-0.2, -0.15) is 0 Å². The van der Waals surface area contributed by atoms with Crippen LogP contribution in [0, 0.1) is 6.92 Å². The second-order valence-electron chi connectivity index (χ2n) is 4.30. The molecule has 1 aromatic heterocycles. The highest BCUT2D eigenvalue weighted by molar-refractivity contribution is 9.11. The van der Waals surface area contributed by atoms with Crippen molar-refractivity contribution in [3.8, 4) is 0 Å². The largest absolute Gasteiger partial charge is 0.326 e. The number of carbonyl (C=O) groups excluding carboxylic acids is 2. The van der Waals surface area contributed by atoms with Gasteiger partial charge in [0.2, 0.25) is 5.91 Å². The summed E-state index contributed by atoms with van der Waals surface area (Å²) in [6, 6.07) is 7.17. The summed E-state index contributed by atoms with van der Waals surface area (Å²) in [5.74, 6) is -0.317. The Kier molecular flexibility index (Phi) is 4.57. The molecule has 0 saturated heterocycles. The highest BCUT2D eigenvalue weighted by Gasteiger charge is 2.10. The average molecular weight is 353 g/mol. The molecule has 4 nitrogen and oxygen atoms in total. The van der Waals surface area contributed by atoms with Gasteiger partial charge in [-0.05, 0) is 46.6 Å². The molecule has 1 aromatic carbocycles. The number of amides is 2. The first-order valence-corrected chi connectivity index (χ1v) is 7.56. The van der Waals surface area contributed by atoms with Crippen LogP contribution in [0.25, 0.3) is 0 Å². The lowest BCUT2D eigenvalue weighted by molar-refractivity contribution is -0.114. The molecule has 1 heterocycles. The minimum atomic E-state index is -0.171. The number of rotatable bonds is 3. The van der Waals surface area contributed by atoms with E-state index in [2.05, 4.69) is 26.6 Å². The molecule has 104 valence electrons. The van der Waals surface area contributed by atoms with Gasteiger partial charge in [-0.3, -0.25) is 9.59 Å². The van der Waals surface area contributed by atoms with Gasteiger partial charge in [0, 0.05) is 23.7 Å². The third-order valence-corrected chi connectivity index (χ3v) is 4.14. The smallest absolute Gasteiger partial charge is 0.256 e. The van der Waals surface area contributed by atoms with Gasteiger partial charge < -0.3 is 10.6 Å². The molecule has 0 aliphatic carbocycles. The Morgan fingerprint density at radius 1 is 1.20 bits per heavy atom. The fourth-order valence-electron chi connectivity index (χ4n) is 1.66. The Labute approximate surface area is 129 Å². The summed E-state index contributed by atoms with van der Waals surface area (Å²) in [7, 11) is 0. The van der Waals surface area contributed by atoms with E-state index < -0.39 is 0 Å². The number of anilines is 2. The summed E-state index contributed by atoms with van der Waals surface area (Å²) in [4.78, 5) is 23.2. The molecular weight excluding hydrogens is 340 g/mol. The third kappa shape index (κ3) is 3.68. The number of benzene rings is 1.